The Kier molecular flexibility index (Phi) is 5.33. The van der Waals surface area contributed by atoms with E-state index in [9.17, 15) is 14.7 Å². The van der Waals surface area contributed by atoms with Gasteiger partial charge in [-0.25, -0.2) is 0 Å². The van der Waals surface area contributed by atoms with Crippen LogP contribution >= 0.6 is 0 Å². The molecule has 130 valence electrons. The number of phenols is 1. The molecule has 2 aromatic rings. The van der Waals surface area contributed by atoms with Crippen molar-refractivity contribution >= 4 is 11.8 Å². The van der Waals surface area contributed by atoms with Crippen molar-refractivity contribution in [1.29, 1.82) is 0 Å². The maximum Gasteiger partial charge on any atom is 0.224 e. The molecule has 0 saturated carbocycles. The lowest BCUT2D eigenvalue weighted by atomic mass is 10.1. The molecule has 0 aromatic heterocycles. The van der Waals surface area contributed by atoms with Crippen molar-refractivity contribution in [2.75, 3.05) is 13.1 Å². The quantitative estimate of drug-likeness (QED) is 0.847. The standard InChI is InChI=1S/C20H22N2O3/c23-18-9-5-4-8-17(18)11-19(24)21-12-16-10-20(25)22(14-16)13-15-6-2-1-3-7-15/h1-9,16,23H,10-14H2,(H,21,24)/t16-/m0/s1. The van der Waals surface area contributed by atoms with Gasteiger partial charge >= 0.3 is 0 Å². The largest absolute Gasteiger partial charge is 0.508 e. The van der Waals surface area contributed by atoms with Crippen LogP contribution in [0.1, 0.15) is 17.5 Å². The zero-order valence-corrected chi connectivity index (χ0v) is 14.0. The summed E-state index contributed by atoms with van der Waals surface area (Å²) >= 11 is 0. The van der Waals surface area contributed by atoms with E-state index in [4.69, 9.17) is 0 Å². The molecular weight excluding hydrogens is 316 g/mol. The van der Waals surface area contributed by atoms with Gasteiger partial charge in [-0.3, -0.25) is 9.59 Å². The number of nitrogens with zero attached hydrogens (tertiary/aromatic N) is 1. The van der Waals surface area contributed by atoms with Gasteiger partial charge in [-0.1, -0.05) is 48.5 Å². The SMILES string of the molecule is O=C(Cc1ccccc1O)NC[C@@H]1CC(=O)N(Cc2ccccc2)C1. The van der Waals surface area contributed by atoms with Crippen LogP contribution in [0.5, 0.6) is 5.75 Å². The number of amides is 2. The Morgan fingerprint density at radius 3 is 2.60 bits per heavy atom. The van der Waals surface area contributed by atoms with Crippen LogP contribution in [0.4, 0.5) is 0 Å². The summed E-state index contributed by atoms with van der Waals surface area (Å²) in [4.78, 5) is 26.0. The first kappa shape index (κ1) is 17.0. The molecule has 1 aliphatic heterocycles. The summed E-state index contributed by atoms with van der Waals surface area (Å²) in [7, 11) is 0. The van der Waals surface area contributed by atoms with Gasteiger partial charge in [0.15, 0.2) is 0 Å². The fourth-order valence-corrected chi connectivity index (χ4v) is 3.10. The van der Waals surface area contributed by atoms with E-state index in [1.807, 2.05) is 35.2 Å². The van der Waals surface area contributed by atoms with Gasteiger partial charge in [0.1, 0.15) is 5.75 Å². The Balaban J connectivity index is 1.47. The minimum Gasteiger partial charge on any atom is -0.508 e. The molecule has 5 nitrogen and oxygen atoms in total. The normalized spacial score (nSPS) is 16.9. The third-order valence-corrected chi connectivity index (χ3v) is 4.44. The van der Waals surface area contributed by atoms with Gasteiger partial charge in [0, 0.05) is 37.5 Å². The zero-order valence-electron chi connectivity index (χ0n) is 14.0. The number of benzene rings is 2. The second kappa shape index (κ2) is 7.83. The molecule has 1 aliphatic rings. The lowest BCUT2D eigenvalue weighted by Crippen LogP contribution is -2.32. The molecule has 0 spiro atoms. The Hall–Kier alpha value is -2.82. The second-order valence-corrected chi connectivity index (χ2v) is 6.44. The number of hydrogen-bond acceptors (Lipinski definition) is 3. The highest BCUT2D eigenvalue weighted by atomic mass is 16.3. The number of hydrogen-bond donors (Lipinski definition) is 2. The maximum absolute atomic E-state index is 12.1. The Morgan fingerprint density at radius 1 is 1.12 bits per heavy atom. The lowest BCUT2D eigenvalue weighted by Gasteiger charge is -2.17. The van der Waals surface area contributed by atoms with Gasteiger partial charge < -0.3 is 15.3 Å². The highest BCUT2D eigenvalue weighted by Crippen LogP contribution is 2.20. The average Bonchev–Trinajstić information content (AvgIpc) is 2.96. The molecular formula is C20H22N2O3. The Labute approximate surface area is 147 Å². The van der Waals surface area contributed by atoms with Crippen molar-refractivity contribution < 1.29 is 14.7 Å². The molecule has 1 heterocycles. The van der Waals surface area contributed by atoms with Gasteiger partial charge in [0.2, 0.25) is 11.8 Å². The van der Waals surface area contributed by atoms with Gasteiger partial charge in [-0.2, -0.15) is 0 Å². The first-order valence-corrected chi connectivity index (χ1v) is 8.47. The number of nitrogens with one attached hydrogen (secondary N) is 1. The minimum absolute atomic E-state index is 0.128. The zero-order chi connectivity index (χ0) is 17.6. The molecule has 1 saturated heterocycles. The first-order chi connectivity index (χ1) is 12.1. The molecule has 2 aromatic carbocycles. The van der Waals surface area contributed by atoms with Gasteiger partial charge in [0.05, 0.1) is 6.42 Å². The van der Waals surface area contributed by atoms with Crippen molar-refractivity contribution in [1.82, 2.24) is 10.2 Å². The minimum atomic E-state index is -0.143. The molecule has 1 fully saturated rings. The number of phenolic OH excluding ortho intramolecular Hbond substituents is 1. The highest BCUT2D eigenvalue weighted by Gasteiger charge is 2.29. The van der Waals surface area contributed by atoms with Crippen molar-refractivity contribution in [2.24, 2.45) is 5.92 Å². The first-order valence-electron chi connectivity index (χ1n) is 8.47. The number of carbonyl (C=O) groups excluding carboxylic acids is 2. The van der Waals surface area contributed by atoms with Crippen LogP contribution in [0, 0.1) is 5.92 Å². The van der Waals surface area contributed by atoms with E-state index in [0.717, 1.165) is 5.56 Å². The molecule has 1 atom stereocenters. The van der Waals surface area contributed by atoms with Crippen LogP contribution in [0.15, 0.2) is 54.6 Å². The number of rotatable bonds is 6. The van der Waals surface area contributed by atoms with Gasteiger partial charge in [0.25, 0.3) is 0 Å². The number of para-hydroxylation sites is 1. The molecule has 0 unspecified atom stereocenters. The van der Waals surface area contributed by atoms with Crippen LogP contribution in [-0.4, -0.2) is 34.9 Å². The van der Waals surface area contributed by atoms with Crippen LogP contribution < -0.4 is 5.32 Å². The summed E-state index contributed by atoms with van der Waals surface area (Å²) in [5, 5.41) is 12.6. The highest BCUT2D eigenvalue weighted by molar-refractivity contribution is 5.80. The van der Waals surface area contributed by atoms with Gasteiger partial charge in [-0.05, 0) is 11.6 Å². The van der Waals surface area contributed by atoms with Crippen LogP contribution in [-0.2, 0) is 22.6 Å². The molecule has 3 rings (SSSR count). The second-order valence-electron chi connectivity index (χ2n) is 6.44. The summed E-state index contributed by atoms with van der Waals surface area (Å²) in [6, 6.07) is 16.7. The number of likely N-dealkylation sites (tertiary alicyclic amines) is 1. The molecule has 0 radical (unpaired) electrons. The van der Waals surface area contributed by atoms with Gasteiger partial charge in [-0.15, -0.1) is 0 Å². The maximum atomic E-state index is 12.1. The van der Waals surface area contributed by atoms with Crippen LogP contribution in [0.3, 0.4) is 0 Å². The van der Waals surface area contributed by atoms with E-state index in [1.54, 1.807) is 24.3 Å². The predicted molar refractivity (Wildman–Crippen MR) is 94.8 cm³/mol. The van der Waals surface area contributed by atoms with E-state index in [-0.39, 0.29) is 29.9 Å². The summed E-state index contributed by atoms with van der Waals surface area (Å²) in [5.74, 6) is 0.242. The topological polar surface area (TPSA) is 69.6 Å². The molecule has 0 aliphatic carbocycles. The summed E-state index contributed by atoms with van der Waals surface area (Å²) in [6.07, 6.45) is 0.602. The average molecular weight is 338 g/mol. The summed E-state index contributed by atoms with van der Waals surface area (Å²) in [6.45, 7) is 1.75. The Morgan fingerprint density at radius 2 is 1.84 bits per heavy atom. The van der Waals surface area contributed by atoms with Crippen molar-refractivity contribution in [2.45, 2.75) is 19.4 Å². The third kappa shape index (κ3) is 4.59. The molecule has 25 heavy (non-hydrogen) atoms. The monoisotopic (exact) mass is 338 g/mol. The molecule has 2 N–H and O–H groups in total. The summed E-state index contributed by atoms with van der Waals surface area (Å²) in [5.41, 5.74) is 1.72. The van der Waals surface area contributed by atoms with Crippen molar-refractivity contribution in [3.05, 3.63) is 65.7 Å². The van der Waals surface area contributed by atoms with E-state index in [1.165, 1.54) is 0 Å². The lowest BCUT2D eigenvalue weighted by molar-refractivity contribution is -0.128. The van der Waals surface area contributed by atoms with E-state index >= 15 is 0 Å². The van der Waals surface area contributed by atoms with Crippen LogP contribution in [0.25, 0.3) is 0 Å². The molecule has 5 heteroatoms. The number of aromatic hydroxyl groups is 1. The van der Waals surface area contributed by atoms with Crippen molar-refractivity contribution in [3.63, 3.8) is 0 Å². The predicted octanol–water partition coefficient (Wildman–Crippen LogP) is 2.10. The van der Waals surface area contributed by atoms with E-state index in [0.29, 0.717) is 31.6 Å². The van der Waals surface area contributed by atoms with Crippen LogP contribution in [0.2, 0.25) is 0 Å². The fourth-order valence-electron chi connectivity index (χ4n) is 3.10. The van der Waals surface area contributed by atoms with E-state index in [2.05, 4.69) is 5.32 Å². The molecule has 2 amide bonds. The van der Waals surface area contributed by atoms with E-state index < -0.39 is 0 Å². The third-order valence-electron chi connectivity index (χ3n) is 4.44. The summed E-state index contributed by atoms with van der Waals surface area (Å²) < 4.78 is 0. The fraction of sp³-hybridized carbons (Fsp3) is 0.300. The molecule has 0 bridgehead atoms. The number of carbonyl (C=O) groups is 2. The smallest absolute Gasteiger partial charge is 0.224 e. The van der Waals surface area contributed by atoms with Crippen molar-refractivity contribution in [3.8, 4) is 5.75 Å². The Bertz CT molecular complexity index is 746.